The summed E-state index contributed by atoms with van der Waals surface area (Å²) in [7, 11) is 0. The van der Waals surface area contributed by atoms with E-state index in [1.165, 1.54) is 4.88 Å². The number of carbonyl (C=O) groups is 1. The maximum absolute atomic E-state index is 13.0. The summed E-state index contributed by atoms with van der Waals surface area (Å²) in [4.78, 5) is 20.4. The van der Waals surface area contributed by atoms with Gasteiger partial charge in [-0.2, -0.15) is 0 Å². The summed E-state index contributed by atoms with van der Waals surface area (Å²) in [6.07, 6.45) is 5.69. The fourth-order valence-electron chi connectivity index (χ4n) is 3.47. The molecule has 1 fully saturated rings. The van der Waals surface area contributed by atoms with Crippen molar-refractivity contribution in [3.63, 3.8) is 0 Å². The van der Waals surface area contributed by atoms with Crippen LogP contribution in [0, 0.1) is 6.92 Å². The minimum absolute atomic E-state index is 0.00632. The number of aryl methyl sites for hydroxylation is 1. The first-order chi connectivity index (χ1) is 15.2. The highest BCUT2D eigenvalue weighted by atomic mass is 32.1. The molecule has 4 rings (SSSR count). The molecular weight excluding hydrogens is 428 g/mol. The van der Waals surface area contributed by atoms with Gasteiger partial charge in [0.15, 0.2) is 0 Å². The van der Waals surface area contributed by atoms with Gasteiger partial charge in [-0.1, -0.05) is 18.2 Å². The first-order valence-electron chi connectivity index (χ1n) is 10.4. The third-order valence-corrected chi connectivity index (χ3v) is 6.70. The third kappa shape index (κ3) is 6.50. The van der Waals surface area contributed by atoms with E-state index in [4.69, 9.17) is 9.47 Å². The number of thiophene rings is 1. The van der Waals surface area contributed by atoms with E-state index in [9.17, 15) is 4.79 Å². The molecule has 3 heterocycles. The molecule has 162 valence electrons. The van der Waals surface area contributed by atoms with Crippen LogP contribution in [0.5, 0.6) is 5.75 Å². The predicted molar refractivity (Wildman–Crippen MR) is 125 cm³/mol. The first-order valence-corrected chi connectivity index (χ1v) is 12.2. The number of carbonyl (C=O) groups excluding carboxylic acids is 1. The second kappa shape index (κ2) is 10.7. The molecule has 1 aliphatic rings. The molecule has 0 radical (unpaired) electrons. The van der Waals surface area contributed by atoms with E-state index < -0.39 is 0 Å². The summed E-state index contributed by atoms with van der Waals surface area (Å²) in [6.45, 7) is 4.44. The van der Waals surface area contributed by atoms with Gasteiger partial charge in [-0.25, -0.2) is 4.98 Å². The smallest absolute Gasteiger partial charge is 0.246 e. The Hall–Kier alpha value is -2.48. The molecule has 0 aliphatic carbocycles. The monoisotopic (exact) mass is 454 g/mol. The molecule has 1 amide bonds. The fourth-order valence-corrected chi connectivity index (χ4v) is 4.79. The number of amides is 1. The molecule has 1 aromatic carbocycles. The molecule has 5 nitrogen and oxygen atoms in total. The Labute approximate surface area is 191 Å². The van der Waals surface area contributed by atoms with E-state index in [0.717, 1.165) is 41.5 Å². The van der Waals surface area contributed by atoms with Crippen LogP contribution in [0.4, 0.5) is 0 Å². The van der Waals surface area contributed by atoms with Gasteiger partial charge in [-0.05, 0) is 55.0 Å². The minimum atomic E-state index is -0.00632. The van der Waals surface area contributed by atoms with Crippen molar-refractivity contribution >= 4 is 34.7 Å². The van der Waals surface area contributed by atoms with Gasteiger partial charge in [0.2, 0.25) is 5.91 Å². The number of aromatic nitrogens is 1. The average Bonchev–Trinajstić information content (AvgIpc) is 3.54. The van der Waals surface area contributed by atoms with Gasteiger partial charge >= 0.3 is 0 Å². The SMILES string of the molecule is Cc1nc(COc2cccc(/C=C/C(=O)N(Cc3cccs3)CC3CCCO3)c2)cs1. The summed E-state index contributed by atoms with van der Waals surface area (Å²) in [5.41, 5.74) is 1.85. The van der Waals surface area contributed by atoms with Gasteiger partial charge in [0.25, 0.3) is 0 Å². The molecule has 1 saturated heterocycles. The van der Waals surface area contributed by atoms with Crippen molar-refractivity contribution in [2.24, 2.45) is 0 Å². The van der Waals surface area contributed by atoms with E-state index in [0.29, 0.717) is 19.7 Å². The normalized spacial score (nSPS) is 16.1. The van der Waals surface area contributed by atoms with Crippen molar-refractivity contribution < 1.29 is 14.3 Å². The van der Waals surface area contributed by atoms with Crippen LogP contribution in [0.15, 0.2) is 53.2 Å². The molecule has 31 heavy (non-hydrogen) atoms. The van der Waals surface area contributed by atoms with Crippen molar-refractivity contribution in [3.05, 3.63) is 74.4 Å². The van der Waals surface area contributed by atoms with E-state index >= 15 is 0 Å². The molecule has 0 spiro atoms. The Balaban J connectivity index is 1.39. The van der Waals surface area contributed by atoms with Crippen LogP contribution >= 0.6 is 22.7 Å². The molecule has 7 heteroatoms. The number of hydrogen-bond donors (Lipinski definition) is 0. The first kappa shape index (κ1) is 21.7. The zero-order valence-electron chi connectivity index (χ0n) is 17.5. The van der Waals surface area contributed by atoms with Crippen LogP contribution in [0.2, 0.25) is 0 Å². The fraction of sp³-hybridized carbons (Fsp3) is 0.333. The summed E-state index contributed by atoms with van der Waals surface area (Å²) in [6, 6.07) is 11.8. The quantitative estimate of drug-likeness (QED) is 0.411. The lowest BCUT2D eigenvalue weighted by Crippen LogP contribution is -2.35. The number of ether oxygens (including phenoxy) is 2. The topological polar surface area (TPSA) is 51.7 Å². The van der Waals surface area contributed by atoms with E-state index in [1.807, 2.05) is 59.0 Å². The van der Waals surface area contributed by atoms with Crippen LogP contribution in [0.3, 0.4) is 0 Å². The summed E-state index contributed by atoms with van der Waals surface area (Å²) >= 11 is 3.28. The van der Waals surface area contributed by atoms with Gasteiger partial charge in [0.05, 0.1) is 23.4 Å². The van der Waals surface area contributed by atoms with Crippen LogP contribution in [0.25, 0.3) is 6.08 Å². The standard InChI is InChI=1S/C24H26N2O3S2/c1-18-25-20(17-31-18)16-29-21-6-2-5-19(13-21)9-10-24(27)26(14-22-7-3-11-28-22)15-23-8-4-12-30-23/h2,4-6,8-10,12-13,17,22H,3,7,11,14-16H2,1H3/b10-9+. The Kier molecular flexibility index (Phi) is 7.51. The molecule has 0 saturated carbocycles. The number of hydrogen-bond acceptors (Lipinski definition) is 6. The summed E-state index contributed by atoms with van der Waals surface area (Å²) < 4.78 is 11.6. The molecule has 1 aliphatic heterocycles. The summed E-state index contributed by atoms with van der Waals surface area (Å²) in [5, 5.41) is 5.08. The van der Waals surface area contributed by atoms with Gasteiger partial charge < -0.3 is 14.4 Å². The molecule has 3 aromatic rings. The maximum atomic E-state index is 13.0. The largest absolute Gasteiger partial charge is 0.487 e. The van der Waals surface area contributed by atoms with Crippen molar-refractivity contribution in [2.75, 3.05) is 13.2 Å². The zero-order chi connectivity index (χ0) is 21.5. The van der Waals surface area contributed by atoms with Crippen LogP contribution in [-0.4, -0.2) is 35.0 Å². The van der Waals surface area contributed by atoms with Gasteiger partial charge in [0, 0.05) is 29.5 Å². The Morgan fingerprint density at radius 2 is 2.26 bits per heavy atom. The number of nitrogens with zero attached hydrogens (tertiary/aromatic N) is 2. The zero-order valence-corrected chi connectivity index (χ0v) is 19.2. The van der Waals surface area contributed by atoms with E-state index in [-0.39, 0.29) is 12.0 Å². The lowest BCUT2D eigenvalue weighted by Gasteiger charge is -2.23. The average molecular weight is 455 g/mol. The second-order valence-corrected chi connectivity index (χ2v) is 9.58. The van der Waals surface area contributed by atoms with Crippen LogP contribution in [-0.2, 0) is 22.7 Å². The summed E-state index contributed by atoms with van der Waals surface area (Å²) in [5.74, 6) is 0.753. The molecule has 1 atom stereocenters. The highest BCUT2D eigenvalue weighted by Crippen LogP contribution is 2.19. The number of thiazole rings is 1. The molecule has 2 aromatic heterocycles. The Morgan fingerprint density at radius 3 is 3.00 bits per heavy atom. The van der Waals surface area contributed by atoms with Crippen molar-refractivity contribution in [3.8, 4) is 5.75 Å². The van der Waals surface area contributed by atoms with Gasteiger partial charge in [-0.15, -0.1) is 22.7 Å². The predicted octanol–water partition coefficient (Wildman–Crippen LogP) is 5.31. The van der Waals surface area contributed by atoms with E-state index in [2.05, 4.69) is 11.1 Å². The van der Waals surface area contributed by atoms with Gasteiger partial charge in [-0.3, -0.25) is 4.79 Å². The van der Waals surface area contributed by atoms with Crippen LogP contribution in [0.1, 0.15) is 34.0 Å². The van der Waals surface area contributed by atoms with Crippen molar-refractivity contribution in [1.29, 1.82) is 0 Å². The van der Waals surface area contributed by atoms with Gasteiger partial charge in [0.1, 0.15) is 12.4 Å². The highest BCUT2D eigenvalue weighted by Gasteiger charge is 2.22. The maximum Gasteiger partial charge on any atom is 0.246 e. The van der Waals surface area contributed by atoms with E-state index in [1.54, 1.807) is 28.7 Å². The van der Waals surface area contributed by atoms with Crippen molar-refractivity contribution in [2.45, 2.75) is 39.0 Å². The van der Waals surface area contributed by atoms with Crippen LogP contribution < -0.4 is 4.74 Å². The molecular formula is C24H26N2O3S2. The third-order valence-electron chi connectivity index (χ3n) is 5.02. The Morgan fingerprint density at radius 1 is 1.32 bits per heavy atom. The van der Waals surface area contributed by atoms with Crippen molar-refractivity contribution in [1.82, 2.24) is 9.88 Å². The lowest BCUT2D eigenvalue weighted by atomic mass is 10.2. The highest BCUT2D eigenvalue weighted by molar-refractivity contribution is 7.10. The minimum Gasteiger partial charge on any atom is -0.487 e. The molecule has 1 unspecified atom stereocenters. The molecule has 0 N–H and O–H groups in total. The lowest BCUT2D eigenvalue weighted by molar-refractivity contribution is -0.128. The number of rotatable bonds is 9. The second-order valence-electron chi connectivity index (χ2n) is 7.49. The number of benzene rings is 1. The molecule has 0 bridgehead atoms. The Bertz CT molecular complexity index is 1010.